The summed E-state index contributed by atoms with van der Waals surface area (Å²) in [6.07, 6.45) is 1.50. The van der Waals surface area contributed by atoms with E-state index in [4.69, 9.17) is 10.8 Å². The summed E-state index contributed by atoms with van der Waals surface area (Å²) in [6.45, 7) is 5.61. The van der Waals surface area contributed by atoms with Crippen LogP contribution in [0.1, 0.15) is 9.75 Å². The van der Waals surface area contributed by atoms with E-state index in [1.165, 1.54) is 21.7 Å². The molecule has 1 aromatic heterocycles. The molecule has 5 nitrogen and oxygen atoms in total. The van der Waals surface area contributed by atoms with Gasteiger partial charge in [-0.15, -0.1) is 17.9 Å². The molecule has 1 aromatic rings. The minimum absolute atomic E-state index is 0.0571. The van der Waals surface area contributed by atoms with Crippen LogP contribution in [0.3, 0.4) is 0 Å². The second-order valence-corrected chi connectivity index (χ2v) is 6.96. The third-order valence-electron chi connectivity index (χ3n) is 2.42. The van der Waals surface area contributed by atoms with Gasteiger partial charge in [0.2, 0.25) is 10.0 Å². The first-order valence-corrected chi connectivity index (χ1v) is 7.74. The zero-order valence-electron chi connectivity index (χ0n) is 10.3. The molecule has 0 spiro atoms. The fourth-order valence-electron chi connectivity index (χ4n) is 1.59. The van der Waals surface area contributed by atoms with Gasteiger partial charge in [-0.1, -0.05) is 6.08 Å². The smallest absolute Gasteiger partial charge is 0.244 e. The average Bonchev–Trinajstić information content (AvgIpc) is 2.71. The number of hydrogen-bond acceptors (Lipinski definition) is 5. The summed E-state index contributed by atoms with van der Waals surface area (Å²) >= 11 is 1.38. The highest BCUT2D eigenvalue weighted by Crippen LogP contribution is 2.27. The lowest BCUT2D eigenvalue weighted by atomic mass is 10.4. The molecule has 1 rings (SSSR count). The number of hydrogen-bond donors (Lipinski definition) is 2. The Morgan fingerprint density at radius 1 is 1.61 bits per heavy atom. The Balaban J connectivity index is 3.16. The number of sulfonamides is 1. The van der Waals surface area contributed by atoms with Gasteiger partial charge < -0.3 is 10.8 Å². The molecular formula is C11H18N2O3S2. The number of aliphatic hydroxyl groups excluding tert-OH is 1. The summed E-state index contributed by atoms with van der Waals surface area (Å²) in [4.78, 5) is 1.80. The number of nitrogens with two attached hydrogens (primary N) is 1. The molecule has 18 heavy (non-hydrogen) atoms. The minimum Gasteiger partial charge on any atom is -0.395 e. The van der Waals surface area contributed by atoms with Crippen molar-refractivity contribution in [3.8, 4) is 0 Å². The largest absolute Gasteiger partial charge is 0.395 e. The van der Waals surface area contributed by atoms with Crippen LogP contribution in [0, 0.1) is 6.92 Å². The van der Waals surface area contributed by atoms with Crippen molar-refractivity contribution < 1.29 is 13.5 Å². The van der Waals surface area contributed by atoms with Crippen molar-refractivity contribution in [2.24, 2.45) is 5.73 Å². The van der Waals surface area contributed by atoms with E-state index in [2.05, 4.69) is 6.58 Å². The fourth-order valence-corrected chi connectivity index (χ4v) is 4.47. The van der Waals surface area contributed by atoms with Crippen molar-refractivity contribution in [1.29, 1.82) is 0 Å². The van der Waals surface area contributed by atoms with Gasteiger partial charge in [-0.2, -0.15) is 4.31 Å². The molecule has 0 aliphatic heterocycles. The lowest BCUT2D eigenvalue weighted by Gasteiger charge is -2.19. The predicted octanol–water partition coefficient (Wildman–Crippen LogP) is 0.684. The lowest BCUT2D eigenvalue weighted by Crippen LogP contribution is -2.33. The zero-order chi connectivity index (χ0) is 13.8. The summed E-state index contributed by atoms with van der Waals surface area (Å²) in [6, 6.07) is 1.60. The second kappa shape index (κ2) is 6.44. The SMILES string of the molecule is C=CCN(CCO)S(=O)(=O)c1cc(CN)sc1C. The Kier molecular flexibility index (Phi) is 5.48. The Labute approximate surface area is 112 Å². The molecule has 3 N–H and O–H groups in total. The normalized spacial score (nSPS) is 12.0. The standard InChI is InChI=1S/C11H18N2O3S2/c1-3-4-13(5-6-14)18(15,16)11-7-10(8-12)17-9(11)2/h3,7,14H,1,4-6,8,12H2,2H3. The van der Waals surface area contributed by atoms with Crippen LogP contribution in [0.2, 0.25) is 0 Å². The van der Waals surface area contributed by atoms with E-state index in [1.54, 1.807) is 13.0 Å². The van der Waals surface area contributed by atoms with Crippen molar-refractivity contribution >= 4 is 21.4 Å². The van der Waals surface area contributed by atoms with Gasteiger partial charge in [0.25, 0.3) is 0 Å². The van der Waals surface area contributed by atoms with E-state index in [0.29, 0.717) is 11.4 Å². The van der Waals surface area contributed by atoms with Crippen LogP contribution in [0.5, 0.6) is 0 Å². The van der Waals surface area contributed by atoms with Gasteiger partial charge in [0.05, 0.1) is 11.5 Å². The molecule has 0 fully saturated rings. The highest BCUT2D eigenvalue weighted by atomic mass is 32.2. The number of aliphatic hydroxyl groups is 1. The molecule has 0 amide bonds. The van der Waals surface area contributed by atoms with Crippen molar-refractivity contribution in [2.75, 3.05) is 19.7 Å². The molecule has 0 radical (unpaired) electrons. The summed E-state index contributed by atoms with van der Waals surface area (Å²) in [5.74, 6) is 0. The molecule has 0 aliphatic carbocycles. The van der Waals surface area contributed by atoms with Crippen molar-refractivity contribution in [2.45, 2.75) is 18.4 Å². The highest BCUT2D eigenvalue weighted by molar-refractivity contribution is 7.89. The molecule has 0 atom stereocenters. The first-order valence-electron chi connectivity index (χ1n) is 5.48. The third-order valence-corrected chi connectivity index (χ3v) is 5.62. The fraction of sp³-hybridized carbons (Fsp3) is 0.455. The van der Waals surface area contributed by atoms with Crippen molar-refractivity contribution in [1.82, 2.24) is 4.31 Å². The van der Waals surface area contributed by atoms with Gasteiger partial charge >= 0.3 is 0 Å². The maximum absolute atomic E-state index is 12.4. The zero-order valence-corrected chi connectivity index (χ0v) is 11.9. The quantitative estimate of drug-likeness (QED) is 0.724. The predicted molar refractivity (Wildman–Crippen MR) is 73.0 cm³/mol. The topological polar surface area (TPSA) is 83.6 Å². The highest BCUT2D eigenvalue weighted by Gasteiger charge is 2.26. The lowest BCUT2D eigenvalue weighted by molar-refractivity contribution is 0.260. The van der Waals surface area contributed by atoms with Crippen molar-refractivity contribution in [3.05, 3.63) is 28.5 Å². The molecule has 0 aliphatic rings. The Morgan fingerprint density at radius 2 is 2.28 bits per heavy atom. The summed E-state index contributed by atoms with van der Waals surface area (Å²) in [5.41, 5.74) is 5.51. The van der Waals surface area contributed by atoms with Gasteiger partial charge in [-0.05, 0) is 13.0 Å². The van der Waals surface area contributed by atoms with Crippen LogP contribution in [0.25, 0.3) is 0 Å². The molecule has 0 aromatic carbocycles. The van der Waals surface area contributed by atoms with Gasteiger partial charge in [-0.25, -0.2) is 8.42 Å². The first-order chi connectivity index (χ1) is 8.47. The minimum atomic E-state index is -3.59. The van der Waals surface area contributed by atoms with E-state index in [9.17, 15) is 8.42 Å². The molecule has 7 heteroatoms. The maximum Gasteiger partial charge on any atom is 0.244 e. The number of thiophene rings is 1. The molecule has 0 unspecified atom stereocenters. The van der Waals surface area contributed by atoms with Crippen LogP contribution in [-0.2, 0) is 16.6 Å². The van der Waals surface area contributed by atoms with Crippen LogP contribution >= 0.6 is 11.3 Å². The van der Waals surface area contributed by atoms with Crippen LogP contribution in [-0.4, -0.2) is 37.5 Å². The van der Waals surface area contributed by atoms with E-state index < -0.39 is 10.0 Å². The van der Waals surface area contributed by atoms with Crippen LogP contribution in [0.15, 0.2) is 23.6 Å². The summed E-state index contributed by atoms with van der Waals surface area (Å²) in [5, 5.41) is 8.94. The summed E-state index contributed by atoms with van der Waals surface area (Å²) < 4.78 is 26.0. The molecule has 0 saturated heterocycles. The van der Waals surface area contributed by atoms with Gasteiger partial charge in [-0.3, -0.25) is 0 Å². The van der Waals surface area contributed by atoms with Crippen molar-refractivity contribution in [3.63, 3.8) is 0 Å². The van der Waals surface area contributed by atoms with E-state index in [0.717, 1.165) is 4.88 Å². The Hall–Kier alpha value is -0.730. The van der Waals surface area contributed by atoms with Crippen LogP contribution in [0.4, 0.5) is 0 Å². The van der Waals surface area contributed by atoms with E-state index in [1.807, 2.05) is 0 Å². The first kappa shape index (κ1) is 15.3. The average molecular weight is 290 g/mol. The number of rotatable bonds is 7. The monoisotopic (exact) mass is 290 g/mol. The number of aryl methyl sites for hydroxylation is 1. The molecule has 102 valence electrons. The van der Waals surface area contributed by atoms with Gasteiger partial charge in [0.1, 0.15) is 0 Å². The molecule has 1 heterocycles. The van der Waals surface area contributed by atoms with E-state index in [-0.39, 0.29) is 24.6 Å². The van der Waals surface area contributed by atoms with Gasteiger partial charge in [0, 0.05) is 29.4 Å². The number of nitrogens with zero attached hydrogens (tertiary/aromatic N) is 1. The van der Waals surface area contributed by atoms with Gasteiger partial charge in [0.15, 0.2) is 0 Å². The molecule has 0 bridgehead atoms. The van der Waals surface area contributed by atoms with E-state index >= 15 is 0 Å². The van der Waals surface area contributed by atoms with Crippen LogP contribution < -0.4 is 5.73 Å². The third kappa shape index (κ3) is 3.18. The Morgan fingerprint density at radius 3 is 2.72 bits per heavy atom. The second-order valence-electron chi connectivity index (χ2n) is 3.71. The Bertz CT molecular complexity index is 508. The maximum atomic E-state index is 12.4. The molecular weight excluding hydrogens is 272 g/mol. The summed E-state index contributed by atoms with van der Waals surface area (Å²) in [7, 11) is -3.59. The molecule has 0 saturated carbocycles.